The van der Waals surface area contributed by atoms with Gasteiger partial charge in [-0.3, -0.25) is 4.90 Å². The van der Waals surface area contributed by atoms with Gasteiger partial charge in [-0.1, -0.05) is 18.2 Å². The molecule has 1 aliphatic carbocycles. The van der Waals surface area contributed by atoms with Crippen LogP contribution in [0.3, 0.4) is 0 Å². The average Bonchev–Trinajstić information content (AvgIpc) is 3.49. The van der Waals surface area contributed by atoms with E-state index in [0.29, 0.717) is 0 Å². The first-order chi connectivity index (χ1) is 12.3. The molecule has 0 spiro atoms. The molecule has 1 aromatic carbocycles. The van der Waals surface area contributed by atoms with Crippen molar-refractivity contribution in [1.82, 2.24) is 14.7 Å². The summed E-state index contributed by atoms with van der Waals surface area (Å²) < 4.78 is 0. The molecule has 0 unspecified atom stereocenters. The Hall–Kier alpha value is -1.59. The molecule has 2 heterocycles. The maximum absolute atomic E-state index is 12.4. The van der Waals surface area contributed by atoms with E-state index in [0.717, 1.165) is 43.8 Å². The fourth-order valence-corrected chi connectivity index (χ4v) is 4.24. The Morgan fingerprint density at radius 2 is 1.76 bits per heavy atom. The van der Waals surface area contributed by atoms with Gasteiger partial charge >= 0.3 is 6.03 Å². The fraction of sp³-hybridized carbons (Fsp3) is 0.650. The van der Waals surface area contributed by atoms with Gasteiger partial charge in [0.15, 0.2) is 0 Å². The van der Waals surface area contributed by atoms with E-state index in [1.807, 2.05) is 35.2 Å². The molecule has 1 atom stereocenters. The van der Waals surface area contributed by atoms with Crippen molar-refractivity contribution in [1.29, 1.82) is 0 Å². The van der Waals surface area contributed by atoms with Gasteiger partial charge in [0.25, 0.3) is 0 Å². The van der Waals surface area contributed by atoms with E-state index in [4.69, 9.17) is 0 Å². The van der Waals surface area contributed by atoms with Crippen LogP contribution in [0.25, 0.3) is 0 Å². The fourth-order valence-electron chi connectivity index (χ4n) is 4.24. The lowest BCUT2D eigenvalue weighted by molar-refractivity contribution is 0.0982. The van der Waals surface area contributed by atoms with Crippen LogP contribution in [-0.4, -0.2) is 72.6 Å². The number of nitrogens with one attached hydrogen (secondary N) is 1. The summed E-state index contributed by atoms with van der Waals surface area (Å²) in [6, 6.07) is 10.7. The van der Waals surface area contributed by atoms with Crippen molar-refractivity contribution in [3.8, 4) is 0 Å². The number of hydrogen-bond donors (Lipinski definition) is 1. The molecule has 1 saturated carbocycles. The second kappa shape index (κ2) is 7.75. The minimum atomic E-state index is 0.0309. The van der Waals surface area contributed by atoms with Crippen molar-refractivity contribution >= 4 is 11.7 Å². The molecule has 2 amide bonds. The summed E-state index contributed by atoms with van der Waals surface area (Å²) in [4.78, 5) is 19.6. The lowest BCUT2D eigenvalue weighted by Gasteiger charge is -2.39. The molecular formula is C20H30N4O. The predicted molar refractivity (Wildman–Crippen MR) is 101 cm³/mol. The first-order valence-electron chi connectivity index (χ1n) is 9.85. The van der Waals surface area contributed by atoms with Gasteiger partial charge in [0.05, 0.1) is 0 Å². The topological polar surface area (TPSA) is 38.8 Å². The van der Waals surface area contributed by atoms with Crippen molar-refractivity contribution in [3.63, 3.8) is 0 Å². The van der Waals surface area contributed by atoms with E-state index in [2.05, 4.69) is 15.1 Å². The number of urea groups is 1. The van der Waals surface area contributed by atoms with Gasteiger partial charge in [0.2, 0.25) is 0 Å². The second-order valence-electron chi connectivity index (χ2n) is 7.82. The molecule has 2 aliphatic heterocycles. The van der Waals surface area contributed by atoms with Crippen LogP contribution >= 0.6 is 0 Å². The van der Waals surface area contributed by atoms with E-state index in [1.54, 1.807) is 0 Å². The van der Waals surface area contributed by atoms with Crippen LogP contribution in [0.15, 0.2) is 30.3 Å². The largest absolute Gasteiger partial charge is 0.322 e. The minimum Gasteiger partial charge on any atom is -0.322 e. The van der Waals surface area contributed by atoms with Crippen LogP contribution in [0.1, 0.15) is 25.7 Å². The first kappa shape index (κ1) is 16.9. The predicted octanol–water partition coefficient (Wildman–Crippen LogP) is 2.71. The number of anilines is 1. The van der Waals surface area contributed by atoms with Gasteiger partial charge < -0.3 is 15.1 Å². The third-order valence-electron chi connectivity index (χ3n) is 5.81. The number of carbonyl (C=O) groups is 1. The Kier molecular flexibility index (Phi) is 5.22. The summed E-state index contributed by atoms with van der Waals surface area (Å²) in [6.45, 7) is 7.48. The highest BCUT2D eigenvalue weighted by atomic mass is 16.2. The number of amides is 2. The van der Waals surface area contributed by atoms with Gasteiger partial charge in [-0.15, -0.1) is 0 Å². The summed E-state index contributed by atoms with van der Waals surface area (Å²) in [5.41, 5.74) is 0.873. The van der Waals surface area contributed by atoms with Crippen molar-refractivity contribution in [2.75, 3.05) is 51.1 Å². The quantitative estimate of drug-likeness (QED) is 0.914. The van der Waals surface area contributed by atoms with E-state index < -0.39 is 0 Å². The molecule has 3 fully saturated rings. The summed E-state index contributed by atoms with van der Waals surface area (Å²) in [5.74, 6) is 0.819. The summed E-state index contributed by atoms with van der Waals surface area (Å²) in [5, 5.41) is 2.99. The highest BCUT2D eigenvalue weighted by Gasteiger charge is 2.33. The van der Waals surface area contributed by atoms with Crippen LogP contribution in [0.5, 0.6) is 0 Å². The SMILES string of the molecule is O=C(Nc1ccccc1)N1CCN(C[C@H]2CCCN(C3CC3)C2)CC1. The zero-order chi connectivity index (χ0) is 17.1. The number of piperidine rings is 1. The summed E-state index contributed by atoms with van der Waals surface area (Å²) >= 11 is 0. The Labute approximate surface area is 151 Å². The minimum absolute atomic E-state index is 0.0309. The van der Waals surface area contributed by atoms with Crippen LogP contribution in [0, 0.1) is 5.92 Å². The third-order valence-corrected chi connectivity index (χ3v) is 5.81. The smallest absolute Gasteiger partial charge is 0.321 e. The van der Waals surface area contributed by atoms with Crippen LogP contribution in [-0.2, 0) is 0 Å². The molecule has 4 rings (SSSR count). The lowest BCUT2D eigenvalue weighted by atomic mass is 9.97. The number of likely N-dealkylation sites (tertiary alicyclic amines) is 1. The molecular weight excluding hydrogens is 312 g/mol. The number of piperazine rings is 1. The molecule has 0 bridgehead atoms. The normalized spacial score (nSPS) is 25.8. The molecule has 0 aromatic heterocycles. The molecule has 136 valence electrons. The molecule has 0 radical (unpaired) electrons. The number of nitrogens with zero attached hydrogens (tertiary/aromatic N) is 3. The van der Waals surface area contributed by atoms with Gasteiger partial charge in [0.1, 0.15) is 0 Å². The molecule has 1 aromatic rings. The first-order valence-corrected chi connectivity index (χ1v) is 9.85. The van der Waals surface area contributed by atoms with Gasteiger partial charge in [-0.25, -0.2) is 4.79 Å². The number of rotatable bonds is 4. The van der Waals surface area contributed by atoms with Crippen molar-refractivity contribution in [3.05, 3.63) is 30.3 Å². The monoisotopic (exact) mass is 342 g/mol. The highest BCUT2D eigenvalue weighted by molar-refractivity contribution is 5.89. The third kappa shape index (κ3) is 4.53. The molecule has 5 nitrogen and oxygen atoms in total. The molecule has 3 aliphatic rings. The Morgan fingerprint density at radius 3 is 2.48 bits per heavy atom. The van der Waals surface area contributed by atoms with Gasteiger partial charge in [-0.2, -0.15) is 0 Å². The van der Waals surface area contributed by atoms with Gasteiger partial charge in [-0.05, 0) is 50.3 Å². The van der Waals surface area contributed by atoms with Crippen molar-refractivity contribution in [2.24, 2.45) is 5.92 Å². The van der Waals surface area contributed by atoms with Crippen LogP contribution in [0.4, 0.5) is 10.5 Å². The number of carbonyl (C=O) groups excluding carboxylic acids is 1. The van der Waals surface area contributed by atoms with E-state index in [-0.39, 0.29) is 6.03 Å². The van der Waals surface area contributed by atoms with Crippen molar-refractivity contribution < 1.29 is 4.79 Å². The Balaban J connectivity index is 1.21. The van der Waals surface area contributed by atoms with E-state index >= 15 is 0 Å². The van der Waals surface area contributed by atoms with Crippen molar-refractivity contribution in [2.45, 2.75) is 31.7 Å². The van der Waals surface area contributed by atoms with Crippen LogP contribution < -0.4 is 5.32 Å². The lowest BCUT2D eigenvalue weighted by Crippen LogP contribution is -2.52. The van der Waals surface area contributed by atoms with E-state index in [1.165, 1.54) is 45.3 Å². The van der Waals surface area contributed by atoms with Crippen LogP contribution in [0.2, 0.25) is 0 Å². The highest BCUT2D eigenvalue weighted by Crippen LogP contribution is 2.31. The summed E-state index contributed by atoms with van der Waals surface area (Å²) in [6.07, 6.45) is 5.57. The second-order valence-corrected chi connectivity index (χ2v) is 7.82. The molecule has 25 heavy (non-hydrogen) atoms. The zero-order valence-corrected chi connectivity index (χ0v) is 15.1. The molecule has 5 heteroatoms. The number of hydrogen-bond acceptors (Lipinski definition) is 3. The number of benzene rings is 1. The molecule has 1 N–H and O–H groups in total. The maximum Gasteiger partial charge on any atom is 0.321 e. The Bertz CT molecular complexity index is 566. The number of para-hydroxylation sites is 1. The summed E-state index contributed by atoms with van der Waals surface area (Å²) in [7, 11) is 0. The Morgan fingerprint density at radius 1 is 1.00 bits per heavy atom. The molecule has 2 saturated heterocycles. The maximum atomic E-state index is 12.4. The van der Waals surface area contributed by atoms with E-state index in [9.17, 15) is 4.79 Å². The average molecular weight is 342 g/mol. The van der Waals surface area contributed by atoms with Gasteiger partial charge in [0, 0.05) is 51.0 Å². The standard InChI is InChI=1S/C20H30N4O/c25-20(21-18-6-2-1-3-7-18)23-13-11-22(12-14-23)15-17-5-4-10-24(16-17)19-8-9-19/h1-3,6-7,17,19H,4-5,8-16H2,(H,21,25)/t17-/m1/s1. The zero-order valence-electron chi connectivity index (χ0n) is 15.1.